The van der Waals surface area contributed by atoms with Crippen molar-refractivity contribution in [1.29, 1.82) is 0 Å². The zero-order valence-corrected chi connectivity index (χ0v) is 8.80. The highest BCUT2D eigenvalue weighted by atomic mass is 16.4. The Labute approximate surface area is 92.8 Å². The van der Waals surface area contributed by atoms with Crippen LogP contribution in [0.2, 0.25) is 0 Å². The van der Waals surface area contributed by atoms with Crippen LogP contribution >= 0.6 is 0 Å². The lowest BCUT2D eigenvalue weighted by Crippen LogP contribution is -2.06. The average Bonchev–Trinajstić information content (AvgIpc) is 2.19. The topological polar surface area (TPSA) is 74.6 Å². The van der Waals surface area contributed by atoms with Gasteiger partial charge >= 0.3 is 11.9 Å². The van der Waals surface area contributed by atoms with Crippen LogP contribution in [0.4, 0.5) is 0 Å². The summed E-state index contributed by atoms with van der Waals surface area (Å²) in [6.45, 7) is 1.84. The van der Waals surface area contributed by atoms with Gasteiger partial charge in [0.25, 0.3) is 0 Å². The van der Waals surface area contributed by atoms with Gasteiger partial charge in [-0.25, -0.2) is 4.79 Å². The molecule has 16 heavy (non-hydrogen) atoms. The fourth-order valence-electron chi connectivity index (χ4n) is 1.29. The molecule has 0 bridgehead atoms. The van der Waals surface area contributed by atoms with Gasteiger partial charge in [-0.3, -0.25) is 4.79 Å². The second kappa shape index (κ2) is 5.11. The molecule has 0 aliphatic carbocycles. The van der Waals surface area contributed by atoms with Crippen molar-refractivity contribution in [3.8, 4) is 0 Å². The van der Waals surface area contributed by atoms with Crippen LogP contribution in [0.25, 0.3) is 6.08 Å². The Morgan fingerprint density at radius 1 is 1.25 bits per heavy atom. The molecule has 0 aliphatic heterocycles. The molecule has 0 aliphatic rings. The van der Waals surface area contributed by atoms with E-state index in [1.165, 1.54) is 6.08 Å². The maximum atomic E-state index is 10.8. The maximum Gasteiger partial charge on any atom is 0.332 e. The number of carboxylic acid groups (broad SMARTS) is 2. The summed E-state index contributed by atoms with van der Waals surface area (Å²) in [7, 11) is 0. The average molecular weight is 220 g/mol. The van der Waals surface area contributed by atoms with E-state index in [2.05, 4.69) is 0 Å². The number of aryl methyl sites for hydroxylation is 1. The zero-order valence-electron chi connectivity index (χ0n) is 8.80. The molecule has 0 fully saturated rings. The highest BCUT2D eigenvalue weighted by Gasteiger charge is 2.12. The Hall–Kier alpha value is -2.10. The van der Waals surface area contributed by atoms with E-state index in [-0.39, 0.29) is 5.57 Å². The van der Waals surface area contributed by atoms with Gasteiger partial charge in [0.05, 0.1) is 6.42 Å². The van der Waals surface area contributed by atoms with Crippen molar-refractivity contribution in [3.63, 3.8) is 0 Å². The standard InChI is InChI=1S/C12H12O4/c1-8-4-2-3-5-9(8)6-10(12(15)16)7-11(13)14/h2-6H,7H2,1H3,(H,13,14)(H,15,16). The van der Waals surface area contributed by atoms with Gasteiger partial charge in [0.1, 0.15) is 0 Å². The molecule has 2 N–H and O–H groups in total. The number of aliphatic carboxylic acids is 2. The lowest BCUT2D eigenvalue weighted by Gasteiger charge is -2.02. The normalized spacial score (nSPS) is 11.2. The summed E-state index contributed by atoms with van der Waals surface area (Å²) < 4.78 is 0. The van der Waals surface area contributed by atoms with E-state index in [0.717, 1.165) is 11.1 Å². The number of hydrogen-bond acceptors (Lipinski definition) is 2. The summed E-state index contributed by atoms with van der Waals surface area (Å²) in [4.78, 5) is 21.3. The van der Waals surface area contributed by atoms with Gasteiger partial charge in [0, 0.05) is 5.57 Å². The number of hydrogen-bond donors (Lipinski definition) is 2. The van der Waals surface area contributed by atoms with Gasteiger partial charge < -0.3 is 10.2 Å². The molecule has 4 nitrogen and oxygen atoms in total. The Balaban J connectivity index is 3.07. The summed E-state index contributed by atoms with van der Waals surface area (Å²) in [5.41, 5.74) is 1.51. The summed E-state index contributed by atoms with van der Waals surface area (Å²) in [5, 5.41) is 17.4. The first-order valence-electron chi connectivity index (χ1n) is 4.72. The molecule has 84 valence electrons. The number of benzene rings is 1. The summed E-state index contributed by atoms with van der Waals surface area (Å²) >= 11 is 0. The smallest absolute Gasteiger partial charge is 0.332 e. The Morgan fingerprint density at radius 3 is 2.38 bits per heavy atom. The lowest BCUT2D eigenvalue weighted by molar-refractivity contribution is -0.139. The molecule has 0 aromatic heterocycles. The van der Waals surface area contributed by atoms with E-state index < -0.39 is 18.4 Å². The van der Waals surface area contributed by atoms with Gasteiger partial charge in [-0.05, 0) is 24.1 Å². The minimum absolute atomic E-state index is 0.123. The van der Waals surface area contributed by atoms with Gasteiger partial charge in [-0.15, -0.1) is 0 Å². The van der Waals surface area contributed by atoms with E-state index in [4.69, 9.17) is 10.2 Å². The fourth-order valence-corrected chi connectivity index (χ4v) is 1.29. The first-order valence-corrected chi connectivity index (χ1v) is 4.72. The maximum absolute atomic E-state index is 10.8. The Kier molecular flexibility index (Phi) is 3.83. The third-order valence-corrected chi connectivity index (χ3v) is 2.13. The van der Waals surface area contributed by atoms with E-state index in [1.807, 2.05) is 19.1 Å². The fraction of sp³-hybridized carbons (Fsp3) is 0.167. The molecule has 0 saturated carbocycles. The highest BCUT2D eigenvalue weighted by molar-refractivity contribution is 5.96. The van der Waals surface area contributed by atoms with Crippen LogP contribution in [0.15, 0.2) is 29.8 Å². The molecule has 0 saturated heterocycles. The van der Waals surface area contributed by atoms with Crippen LogP contribution < -0.4 is 0 Å². The van der Waals surface area contributed by atoms with E-state index in [0.29, 0.717) is 0 Å². The molecule has 4 heteroatoms. The van der Waals surface area contributed by atoms with E-state index in [1.54, 1.807) is 12.1 Å². The van der Waals surface area contributed by atoms with Crippen molar-refractivity contribution in [2.45, 2.75) is 13.3 Å². The highest BCUT2D eigenvalue weighted by Crippen LogP contribution is 2.14. The summed E-state index contributed by atoms with van der Waals surface area (Å²) in [6, 6.07) is 7.20. The van der Waals surface area contributed by atoms with Gasteiger partial charge in [0.15, 0.2) is 0 Å². The molecule has 0 radical (unpaired) electrons. The summed E-state index contributed by atoms with van der Waals surface area (Å²) in [6.07, 6.45) is 0.912. The van der Waals surface area contributed by atoms with Crippen LogP contribution in [0.3, 0.4) is 0 Å². The van der Waals surface area contributed by atoms with Crippen LogP contribution in [-0.4, -0.2) is 22.2 Å². The molecule has 1 aromatic rings. The van der Waals surface area contributed by atoms with E-state index in [9.17, 15) is 9.59 Å². The third kappa shape index (κ3) is 3.24. The third-order valence-electron chi connectivity index (χ3n) is 2.13. The Morgan fingerprint density at radius 2 is 1.88 bits per heavy atom. The SMILES string of the molecule is Cc1ccccc1C=C(CC(=O)O)C(=O)O. The monoisotopic (exact) mass is 220 g/mol. The molecular weight excluding hydrogens is 208 g/mol. The molecule has 0 heterocycles. The molecule has 0 unspecified atom stereocenters. The first-order chi connectivity index (χ1) is 7.50. The van der Waals surface area contributed by atoms with Gasteiger partial charge in [-0.2, -0.15) is 0 Å². The summed E-state index contributed by atoms with van der Waals surface area (Å²) in [5.74, 6) is -2.35. The predicted octanol–water partition coefficient (Wildman–Crippen LogP) is 1.94. The van der Waals surface area contributed by atoms with Crippen molar-refractivity contribution in [3.05, 3.63) is 41.0 Å². The van der Waals surface area contributed by atoms with Crippen LogP contribution in [-0.2, 0) is 9.59 Å². The number of rotatable bonds is 4. The molecule has 1 rings (SSSR count). The molecular formula is C12H12O4. The van der Waals surface area contributed by atoms with Crippen molar-refractivity contribution < 1.29 is 19.8 Å². The predicted molar refractivity (Wildman–Crippen MR) is 59.0 cm³/mol. The lowest BCUT2D eigenvalue weighted by atomic mass is 10.0. The largest absolute Gasteiger partial charge is 0.481 e. The van der Waals surface area contributed by atoms with Crippen molar-refractivity contribution in [2.24, 2.45) is 0 Å². The Bertz CT molecular complexity index is 446. The molecule has 0 spiro atoms. The molecule has 1 aromatic carbocycles. The zero-order chi connectivity index (χ0) is 12.1. The number of carbonyl (C=O) groups is 2. The van der Waals surface area contributed by atoms with Crippen LogP contribution in [0.5, 0.6) is 0 Å². The first kappa shape index (κ1) is 12.0. The van der Waals surface area contributed by atoms with E-state index >= 15 is 0 Å². The number of carboxylic acids is 2. The minimum atomic E-state index is -1.20. The second-order valence-electron chi connectivity index (χ2n) is 3.40. The second-order valence-corrected chi connectivity index (χ2v) is 3.40. The van der Waals surface area contributed by atoms with Gasteiger partial charge in [-0.1, -0.05) is 24.3 Å². The van der Waals surface area contributed by atoms with Crippen molar-refractivity contribution in [2.75, 3.05) is 0 Å². The van der Waals surface area contributed by atoms with Crippen LogP contribution in [0, 0.1) is 6.92 Å². The van der Waals surface area contributed by atoms with Crippen LogP contribution in [0.1, 0.15) is 17.5 Å². The van der Waals surface area contributed by atoms with Gasteiger partial charge in [0.2, 0.25) is 0 Å². The minimum Gasteiger partial charge on any atom is -0.481 e. The quantitative estimate of drug-likeness (QED) is 0.760. The molecule has 0 amide bonds. The van der Waals surface area contributed by atoms with Crippen molar-refractivity contribution >= 4 is 18.0 Å². The van der Waals surface area contributed by atoms with Crippen molar-refractivity contribution in [1.82, 2.24) is 0 Å². The molecule has 0 atom stereocenters.